The highest BCUT2D eigenvalue weighted by Crippen LogP contribution is 2.33. The van der Waals surface area contributed by atoms with Gasteiger partial charge in [-0.05, 0) is 74.5 Å². The topological polar surface area (TPSA) is 107 Å². The summed E-state index contributed by atoms with van der Waals surface area (Å²) in [4.78, 5) is 42.1. The van der Waals surface area contributed by atoms with Crippen molar-refractivity contribution in [3.8, 4) is 17.0 Å². The number of aryl methyl sites for hydroxylation is 1. The van der Waals surface area contributed by atoms with Crippen LogP contribution in [-0.2, 0) is 11.2 Å². The van der Waals surface area contributed by atoms with Gasteiger partial charge in [-0.25, -0.2) is 14.4 Å². The molecule has 4 aromatic rings. The minimum atomic E-state index is -3.30. The molecule has 1 atom stereocenters. The van der Waals surface area contributed by atoms with Crippen LogP contribution in [0.25, 0.3) is 16.9 Å². The Morgan fingerprint density at radius 1 is 1.04 bits per heavy atom. The number of imidazole rings is 1. The van der Waals surface area contributed by atoms with E-state index in [2.05, 4.69) is 37.3 Å². The molecule has 2 N–H and O–H groups in total. The molecule has 52 heavy (non-hydrogen) atoms. The molecule has 7 rings (SSSR count). The van der Waals surface area contributed by atoms with Crippen LogP contribution in [0.15, 0.2) is 48.9 Å². The van der Waals surface area contributed by atoms with Crippen LogP contribution in [0.3, 0.4) is 0 Å². The zero-order chi connectivity index (χ0) is 36.5. The van der Waals surface area contributed by atoms with Gasteiger partial charge in [0, 0.05) is 87.0 Å². The number of carbonyl (C=O) groups is 2. The summed E-state index contributed by atoms with van der Waals surface area (Å²) >= 11 is 0. The fourth-order valence-corrected chi connectivity index (χ4v) is 7.44. The lowest BCUT2D eigenvalue weighted by Gasteiger charge is -2.46. The van der Waals surface area contributed by atoms with Crippen LogP contribution in [-0.4, -0.2) is 106 Å². The van der Waals surface area contributed by atoms with Crippen LogP contribution in [0.5, 0.6) is 5.75 Å². The molecule has 2 amide bonds. The first kappa shape index (κ1) is 35.6. The minimum Gasteiger partial charge on any atom is -0.432 e. The average molecular weight is 723 g/mol. The van der Waals surface area contributed by atoms with E-state index in [1.165, 1.54) is 23.0 Å². The summed E-state index contributed by atoms with van der Waals surface area (Å²) in [5.41, 5.74) is 2.36. The second-order valence-corrected chi connectivity index (χ2v) is 13.9. The smallest absolute Gasteiger partial charge is 0.387 e. The first-order valence-electron chi connectivity index (χ1n) is 17.8. The first-order chi connectivity index (χ1) is 25.1. The zero-order valence-electron chi connectivity index (χ0n) is 29.1. The predicted molar refractivity (Wildman–Crippen MR) is 187 cm³/mol. The molecule has 0 saturated carbocycles. The summed E-state index contributed by atoms with van der Waals surface area (Å²) < 4.78 is 60.2. The average Bonchev–Trinajstić information content (AvgIpc) is 3.55. The van der Waals surface area contributed by atoms with E-state index in [4.69, 9.17) is 0 Å². The molecule has 3 saturated heterocycles. The normalized spacial score (nSPS) is 18.2. The van der Waals surface area contributed by atoms with Gasteiger partial charge in [-0.2, -0.15) is 13.2 Å². The third-order valence-electron chi connectivity index (χ3n) is 10.5. The Labute approximate surface area is 298 Å². The maximum Gasteiger partial charge on any atom is 0.387 e. The lowest BCUT2D eigenvalue weighted by atomic mass is 9.91. The quantitative estimate of drug-likeness (QED) is 0.193. The number of nitrogens with one attached hydrogen (secondary N) is 2. The Kier molecular flexibility index (Phi) is 10.3. The summed E-state index contributed by atoms with van der Waals surface area (Å²) in [5.74, 6) is -2.68. The van der Waals surface area contributed by atoms with Crippen molar-refractivity contribution in [3.63, 3.8) is 0 Å². The van der Waals surface area contributed by atoms with Crippen molar-refractivity contribution in [2.24, 2.45) is 11.8 Å². The number of ether oxygens (including phenoxy) is 1. The molecule has 276 valence electrons. The number of halogens is 4. The second kappa shape index (κ2) is 15.1. The van der Waals surface area contributed by atoms with Crippen LogP contribution >= 0.6 is 0 Å². The van der Waals surface area contributed by atoms with Crippen LogP contribution < -0.4 is 15.4 Å². The number of aromatic nitrogens is 3. The Balaban J connectivity index is 0.988. The third kappa shape index (κ3) is 7.16. The van der Waals surface area contributed by atoms with Gasteiger partial charge < -0.3 is 30.1 Å². The number of piperidine rings is 1. The number of amides is 2. The number of likely N-dealkylation sites (tertiary alicyclic amines) is 2. The summed E-state index contributed by atoms with van der Waals surface area (Å²) in [5, 5.41) is 6.53. The van der Waals surface area contributed by atoms with Gasteiger partial charge in [0.2, 0.25) is 11.7 Å². The van der Waals surface area contributed by atoms with Gasteiger partial charge in [0.15, 0.2) is 23.0 Å². The number of hydrogen-bond acceptors (Lipinski definition) is 8. The number of fused-ring (bicyclic) bond motifs is 1. The van der Waals surface area contributed by atoms with Crippen molar-refractivity contribution in [1.82, 2.24) is 34.4 Å². The van der Waals surface area contributed by atoms with Crippen molar-refractivity contribution in [2.45, 2.75) is 45.3 Å². The number of carbonyl (C=O) groups excluding carboxylic acids is 2. The number of rotatable bonds is 12. The summed E-state index contributed by atoms with van der Waals surface area (Å²) in [6.45, 7) is 4.60. The van der Waals surface area contributed by atoms with Crippen LogP contribution in [0.4, 0.5) is 29.1 Å². The highest BCUT2D eigenvalue weighted by Gasteiger charge is 2.38. The minimum absolute atomic E-state index is 0.0689. The predicted octanol–water partition coefficient (Wildman–Crippen LogP) is 5.19. The lowest BCUT2D eigenvalue weighted by Crippen LogP contribution is -2.59. The number of hydrogen-bond donors (Lipinski definition) is 2. The Morgan fingerprint density at radius 3 is 2.50 bits per heavy atom. The van der Waals surface area contributed by atoms with E-state index >= 15 is 0 Å². The van der Waals surface area contributed by atoms with Crippen molar-refractivity contribution in [3.05, 3.63) is 71.7 Å². The molecule has 2 aromatic heterocycles. The molecular weight excluding hydrogens is 680 g/mol. The van der Waals surface area contributed by atoms with E-state index in [0.29, 0.717) is 61.0 Å². The van der Waals surface area contributed by atoms with Gasteiger partial charge in [-0.15, -0.1) is 0 Å². The number of alkyl halides is 2. The largest absolute Gasteiger partial charge is 0.432 e. The Bertz CT molecular complexity index is 1950. The van der Waals surface area contributed by atoms with Crippen LogP contribution in [0, 0.1) is 23.5 Å². The molecule has 5 heterocycles. The van der Waals surface area contributed by atoms with E-state index in [1.54, 1.807) is 12.1 Å². The summed E-state index contributed by atoms with van der Waals surface area (Å²) in [6.07, 6.45) is 7.23. The molecule has 3 aliphatic rings. The van der Waals surface area contributed by atoms with E-state index in [-0.39, 0.29) is 35.0 Å². The number of nitrogens with zero attached hydrogens (tertiary/aromatic N) is 6. The van der Waals surface area contributed by atoms with Gasteiger partial charge in [0.05, 0.1) is 11.9 Å². The van der Waals surface area contributed by atoms with Crippen LogP contribution in [0.2, 0.25) is 0 Å². The molecule has 15 heteroatoms. The van der Waals surface area contributed by atoms with Crippen molar-refractivity contribution in [1.29, 1.82) is 0 Å². The third-order valence-corrected chi connectivity index (χ3v) is 10.5. The first-order valence-corrected chi connectivity index (χ1v) is 17.8. The Morgan fingerprint density at radius 2 is 1.83 bits per heavy atom. The molecule has 3 aliphatic heterocycles. The highest BCUT2D eigenvalue weighted by atomic mass is 19.3. The molecule has 0 unspecified atom stereocenters. The zero-order valence-corrected chi connectivity index (χ0v) is 29.1. The van der Waals surface area contributed by atoms with Crippen molar-refractivity contribution < 1.29 is 31.9 Å². The van der Waals surface area contributed by atoms with Crippen molar-refractivity contribution in [2.75, 3.05) is 58.2 Å². The SMILES string of the molecule is CCc1cc(Nc2nccn3c(-c4ccc(OC(F)F)c(F)c4F)cnc23)ccc1C(=O)N1CCC(C(=O)N2CC[C@H]2CN(C)CC2CNC2)CC1. The van der Waals surface area contributed by atoms with Gasteiger partial charge in [0.1, 0.15) is 0 Å². The molecule has 0 radical (unpaired) electrons. The van der Waals surface area contributed by atoms with E-state index in [1.807, 2.05) is 22.8 Å². The molecule has 11 nitrogen and oxygen atoms in total. The molecule has 0 bridgehead atoms. The number of anilines is 2. The summed E-state index contributed by atoms with van der Waals surface area (Å²) in [6, 6.07) is 7.78. The molecule has 0 spiro atoms. The van der Waals surface area contributed by atoms with Gasteiger partial charge in [-0.3, -0.25) is 14.0 Å². The maximum absolute atomic E-state index is 14.9. The number of likely N-dealkylation sites (N-methyl/N-ethyl adjacent to an activating group) is 1. The van der Waals surface area contributed by atoms with Gasteiger partial charge >= 0.3 is 6.61 Å². The highest BCUT2D eigenvalue weighted by molar-refractivity contribution is 5.96. The fourth-order valence-electron chi connectivity index (χ4n) is 7.44. The standard InChI is InChI=1S/C37H42F4N8O3/c1-3-23-16-25(45-33-34-44-19-29(49(34)15-11-43-33)28-6-7-30(52-37(40)41)32(39)31(28)38)4-5-27(23)36(51)47-12-8-24(9-13-47)35(50)48-14-10-26(48)21-46(2)20-22-17-42-18-22/h4-7,11,15-16,19,22,24,26,37,42H,3,8-10,12-14,17-18,20-21H2,1-2H3,(H,43,45)/t26-/m0/s1. The lowest BCUT2D eigenvalue weighted by molar-refractivity contribution is -0.145. The number of benzene rings is 2. The molecular formula is C37H42F4N8O3. The van der Waals surface area contributed by atoms with Gasteiger partial charge in [-0.1, -0.05) is 6.92 Å². The Hall–Kier alpha value is -4.76. The molecule has 0 aliphatic carbocycles. The second-order valence-electron chi connectivity index (χ2n) is 13.9. The van der Waals surface area contributed by atoms with Gasteiger partial charge in [0.25, 0.3) is 5.91 Å². The van der Waals surface area contributed by atoms with E-state index in [0.717, 1.165) is 56.8 Å². The fraction of sp³-hybridized carbons (Fsp3) is 0.459. The van der Waals surface area contributed by atoms with Crippen molar-refractivity contribution >= 4 is 29.0 Å². The maximum atomic E-state index is 14.9. The summed E-state index contributed by atoms with van der Waals surface area (Å²) in [7, 11) is 2.14. The van der Waals surface area contributed by atoms with E-state index < -0.39 is 24.0 Å². The molecule has 3 fully saturated rings. The molecule has 2 aromatic carbocycles. The monoisotopic (exact) mass is 722 g/mol. The van der Waals surface area contributed by atoms with Crippen LogP contribution in [0.1, 0.15) is 42.1 Å². The van der Waals surface area contributed by atoms with E-state index in [9.17, 15) is 27.2 Å².